The number of hydrogen-bond acceptors (Lipinski definition) is 3. The quantitative estimate of drug-likeness (QED) is 0.656. The molecule has 0 atom stereocenters. The van der Waals surface area contributed by atoms with Gasteiger partial charge >= 0.3 is 0 Å². The van der Waals surface area contributed by atoms with Crippen LogP contribution in [0, 0.1) is 11.3 Å². The molecule has 0 radical (unpaired) electrons. The summed E-state index contributed by atoms with van der Waals surface area (Å²) in [6.45, 7) is 4.43. The zero-order chi connectivity index (χ0) is 16.7. The van der Waals surface area contributed by atoms with Crippen LogP contribution < -0.4 is 15.8 Å². The van der Waals surface area contributed by atoms with E-state index in [4.69, 9.17) is 15.7 Å². The van der Waals surface area contributed by atoms with Crippen molar-refractivity contribution in [2.24, 2.45) is 10.7 Å². The van der Waals surface area contributed by atoms with Gasteiger partial charge in [-0.1, -0.05) is 12.1 Å². The molecule has 0 saturated carbocycles. The minimum absolute atomic E-state index is 0.146. The lowest BCUT2D eigenvalue weighted by Crippen LogP contribution is -2.22. The first-order valence-corrected chi connectivity index (χ1v) is 7.39. The predicted molar refractivity (Wildman–Crippen MR) is 92.3 cm³/mol. The van der Waals surface area contributed by atoms with Crippen LogP contribution >= 0.6 is 0 Å². The summed E-state index contributed by atoms with van der Waals surface area (Å²) in [6, 6.07) is 16.9. The van der Waals surface area contributed by atoms with E-state index in [0.717, 1.165) is 17.0 Å². The second-order valence-corrected chi connectivity index (χ2v) is 5.33. The van der Waals surface area contributed by atoms with Crippen molar-refractivity contribution in [2.75, 3.05) is 5.32 Å². The van der Waals surface area contributed by atoms with E-state index in [-0.39, 0.29) is 6.10 Å². The average Bonchev–Trinajstić information content (AvgIpc) is 2.55. The molecule has 0 aliphatic carbocycles. The smallest absolute Gasteiger partial charge is 0.193 e. The van der Waals surface area contributed by atoms with Crippen molar-refractivity contribution in [3.05, 3.63) is 59.7 Å². The molecule has 0 aromatic heterocycles. The van der Waals surface area contributed by atoms with Crippen molar-refractivity contribution in [3.63, 3.8) is 0 Å². The largest absolute Gasteiger partial charge is 0.491 e. The second kappa shape index (κ2) is 7.85. The van der Waals surface area contributed by atoms with Crippen molar-refractivity contribution in [2.45, 2.75) is 26.5 Å². The summed E-state index contributed by atoms with van der Waals surface area (Å²) in [5.41, 5.74) is 8.36. The van der Waals surface area contributed by atoms with Crippen LogP contribution in [0.25, 0.3) is 0 Å². The number of anilines is 1. The molecule has 0 aliphatic heterocycles. The molecule has 0 unspecified atom stereocenters. The molecule has 118 valence electrons. The van der Waals surface area contributed by atoms with E-state index >= 15 is 0 Å². The Morgan fingerprint density at radius 2 is 1.83 bits per heavy atom. The highest BCUT2D eigenvalue weighted by molar-refractivity contribution is 5.92. The van der Waals surface area contributed by atoms with Crippen molar-refractivity contribution >= 4 is 11.6 Å². The highest BCUT2D eigenvalue weighted by Gasteiger charge is 1.99. The molecule has 5 heteroatoms. The third-order valence-electron chi connectivity index (χ3n) is 3.01. The lowest BCUT2D eigenvalue weighted by Gasteiger charge is -2.11. The first-order valence-electron chi connectivity index (χ1n) is 7.39. The lowest BCUT2D eigenvalue weighted by molar-refractivity contribution is 0.242. The van der Waals surface area contributed by atoms with Gasteiger partial charge in [0.2, 0.25) is 0 Å². The topological polar surface area (TPSA) is 83.4 Å². The van der Waals surface area contributed by atoms with Crippen molar-refractivity contribution in [3.8, 4) is 11.8 Å². The Bertz CT molecular complexity index is 697. The minimum atomic E-state index is 0.146. The Kier molecular flexibility index (Phi) is 5.59. The average molecular weight is 308 g/mol. The predicted octanol–water partition coefficient (Wildman–Crippen LogP) is 3.27. The van der Waals surface area contributed by atoms with Gasteiger partial charge < -0.3 is 15.8 Å². The minimum Gasteiger partial charge on any atom is -0.491 e. The van der Waals surface area contributed by atoms with Crippen LogP contribution in [0.4, 0.5) is 5.69 Å². The Morgan fingerprint density at radius 1 is 1.17 bits per heavy atom. The van der Waals surface area contributed by atoms with Crippen molar-refractivity contribution < 1.29 is 4.74 Å². The zero-order valence-electron chi connectivity index (χ0n) is 13.3. The van der Waals surface area contributed by atoms with E-state index in [9.17, 15) is 0 Å². The van der Waals surface area contributed by atoms with Gasteiger partial charge in [0, 0.05) is 5.69 Å². The number of nitriles is 1. The second-order valence-electron chi connectivity index (χ2n) is 5.33. The summed E-state index contributed by atoms with van der Waals surface area (Å²) in [4.78, 5) is 4.29. The summed E-state index contributed by atoms with van der Waals surface area (Å²) in [5, 5.41) is 11.8. The molecule has 3 N–H and O–H groups in total. The van der Waals surface area contributed by atoms with Gasteiger partial charge in [-0.15, -0.1) is 0 Å². The zero-order valence-corrected chi connectivity index (χ0v) is 13.3. The van der Waals surface area contributed by atoms with Gasteiger partial charge in [0.15, 0.2) is 5.96 Å². The molecule has 0 heterocycles. The van der Waals surface area contributed by atoms with Crippen LogP contribution in [-0.4, -0.2) is 12.1 Å². The van der Waals surface area contributed by atoms with Gasteiger partial charge in [0.1, 0.15) is 5.75 Å². The van der Waals surface area contributed by atoms with Gasteiger partial charge in [0.25, 0.3) is 0 Å². The lowest BCUT2D eigenvalue weighted by atomic mass is 10.1. The third-order valence-corrected chi connectivity index (χ3v) is 3.01. The van der Waals surface area contributed by atoms with Crippen LogP contribution in [0.1, 0.15) is 25.0 Å². The molecule has 2 aromatic carbocycles. The van der Waals surface area contributed by atoms with E-state index in [2.05, 4.69) is 16.4 Å². The standard InChI is InChI=1S/C18H20N4O/c1-13(2)23-17-9-7-16(8-10-17)22-18(20)21-12-15-5-3-14(11-19)4-6-15/h3-10,13H,12H2,1-2H3,(H3,20,21,22). The Hall–Kier alpha value is -3.00. The Labute approximate surface area is 136 Å². The third kappa shape index (κ3) is 5.36. The van der Waals surface area contributed by atoms with Crippen molar-refractivity contribution in [1.82, 2.24) is 0 Å². The van der Waals surface area contributed by atoms with Gasteiger partial charge in [-0.25, -0.2) is 4.99 Å². The number of ether oxygens (including phenoxy) is 1. The van der Waals surface area contributed by atoms with Gasteiger partial charge in [-0.3, -0.25) is 0 Å². The van der Waals surface area contributed by atoms with E-state index in [1.165, 1.54) is 0 Å². The first-order chi connectivity index (χ1) is 11.1. The molecule has 0 spiro atoms. The normalized spacial score (nSPS) is 11.1. The number of hydrogen-bond donors (Lipinski definition) is 2. The molecule has 2 rings (SSSR count). The highest BCUT2D eigenvalue weighted by atomic mass is 16.5. The van der Waals surface area contributed by atoms with Crippen LogP contribution in [0.5, 0.6) is 5.75 Å². The van der Waals surface area contributed by atoms with Gasteiger partial charge in [0.05, 0.1) is 24.3 Å². The summed E-state index contributed by atoms with van der Waals surface area (Å²) in [7, 11) is 0. The van der Waals surface area contributed by atoms with E-state index in [1.807, 2.05) is 50.2 Å². The maximum absolute atomic E-state index is 8.76. The SMILES string of the molecule is CC(C)Oc1ccc(NC(N)=NCc2ccc(C#N)cc2)cc1. The number of nitrogens with one attached hydrogen (secondary N) is 1. The summed E-state index contributed by atoms with van der Waals surface area (Å²) < 4.78 is 5.59. The molecular formula is C18H20N4O. The fraction of sp³-hybridized carbons (Fsp3) is 0.222. The number of benzene rings is 2. The fourth-order valence-electron chi connectivity index (χ4n) is 1.94. The fourth-order valence-corrected chi connectivity index (χ4v) is 1.94. The Morgan fingerprint density at radius 3 is 2.39 bits per heavy atom. The van der Waals surface area contributed by atoms with Gasteiger partial charge in [-0.05, 0) is 55.8 Å². The summed E-state index contributed by atoms with van der Waals surface area (Å²) in [6.07, 6.45) is 0.146. The maximum atomic E-state index is 8.76. The van der Waals surface area contributed by atoms with Crippen LogP contribution in [0.3, 0.4) is 0 Å². The monoisotopic (exact) mass is 308 g/mol. The summed E-state index contributed by atoms with van der Waals surface area (Å²) in [5.74, 6) is 1.16. The first kappa shape index (κ1) is 16.4. The Balaban J connectivity index is 1.92. The summed E-state index contributed by atoms with van der Waals surface area (Å²) >= 11 is 0. The number of nitrogens with zero attached hydrogens (tertiary/aromatic N) is 2. The molecular weight excluding hydrogens is 288 g/mol. The number of nitrogens with two attached hydrogens (primary N) is 1. The van der Waals surface area contributed by atoms with Crippen LogP contribution in [-0.2, 0) is 6.54 Å². The molecule has 23 heavy (non-hydrogen) atoms. The van der Waals surface area contributed by atoms with E-state index in [1.54, 1.807) is 12.1 Å². The molecule has 0 fully saturated rings. The number of rotatable bonds is 5. The number of guanidine groups is 1. The molecule has 2 aromatic rings. The van der Waals surface area contributed by atoms with Gasteiger partial charge in [-0.2, -0.15) is 5.26 Å². The molecule has 0 saturated heterocycles. The highest BCUT2D eigenvalue weighted by Crippen LogP contribution is 2.16. The number of aliphatic imine (C=N–C) groups is 1. The molecule has 0 amide bonds. The van der Waals surface area contributed by atoms with Crippen LogP contribution in [0.2, 0.25) is 0 Å². The molecule has 0 bridgehead atoms. The molecule has 0 aliphatic rings. The van der Waals surface area contributed by atoms with Crippen LogP contribution in [0.15, 0.2) is 53.5 Å². The van der Waals surface area contributed by atoms with E-state index in [0.29, 0.717) is 18.1 Å². The van der Waals surface area contributed by atoms with E-state index < -0.39 is 0 Å². The maximum Gasteiger partial charge on any atom is 0.193 e. The van der Waals surface area contributed by atoms with Crippen molar-refractivity contribution in [1.29, 1.82) is 5.26 Å². The molecule has 5 nitrogen and oxygen atoms in total.